The molecule has 3 saturated heterocycles. The minimum atomic E-state index is -0.495. The van der Waals surface area contributed by atoms with E-state index in [9.17, 15) is 5.11 Å². The van der Waals surface area contributed by atoms with Crippen molar-refractivity contribution in [1.82, 2.24) is 9.88 Å². The second-order valence-electron chi connectivity index (χ2n) is 7.06. The van der Waals surface area contributed by atoms with Crippen LogP contribution in [0.3, 0.4) is 0 Å². The molecular formula is C20H23IN2O2. The van der Waals surface area contributed by atoms with Gasteiger partial charge in [-0.1, -0.05) is 28.7 Å². The van der Waals surface area contributed by atoms with Crippen molar-refractivity contribution in [3.63, 3.8) is 0 Å². The second-order valence-corrected chi connectivity index (χ2v) is 7.78. The number of rotatable bonds is 4. The third-order valence-electron chi connectivity index (χ3n) is 5.84. The first kappa shape index (κ1) is 17.2. The van der Waals surface area contributed by atoms with Gasteiger partial charge in [0.05, 0.1) is 18.7 Å². The molecule has 132 valence electrons. The van der Waals surface area contributed by atoms with E-state index in [0.717, 1.165) is 41.7 Å². The van der Waals surface area contributed by atoms with Crippen LogP contribution in [0, 0.1) is 11.8 Å². The monoisotopic (exact) mass is 450 g/mol. The summed E-state index contributed by atoms with van der Waals surface area (Å²) in [6.07, 6.45) is 5.92. The number of pyridine rings is 1. The maximum absolute atomic E-state index is 11.2. The molecule has 2 bridgehead atoms. The Hall–Kier alpha value is -1.18. The van der Waals surface area contributed by atoms with Gasteiger partial charge in [0, 0.05) is 24.2 Å². The van der Waals surface area contributed by atoms with Crippen LogP contribution < -0.4 is 4.74 Å². The van der Waals surface area contributed by atoms with E-state index in [1.165, 1.54) is 6.42 Å². The van der Waals surface area contributed by atoms with Crippen LogP contribution in [0.4, 0.5) is 0 Å². The van der Waals surface area contributed by atoms with E-state index in [0.29, 0.717) is 11.8 Å². The molecule has 1 unspecified atom stereocenters. The van der Waals surface area contributed by atoms with E-state index in [1.54, 1.807) is 13.3 Å². The lowest BCUT2D eigenvalue weighted by Gasteiger charge is -2.50. The number of nitrogens with zero attached hydrogens (tertiary/aromatic N) is 2. The number of hydrogen-bond acceptors (Lipinski definition) is 4. The van der Waals surface area contributed by atoms with Gasteiger partial charge in [-0.25, -0.2) is 0 Å². The minimum Gasteiger partial charge on any atom is -0.497 e. The van der Waals surface area contributed by atoms with Crippen LogP contribution in [0.15, 0.2) is 40.6 Å². The zero-order valence-corrected chi connectivity index (χ0v) is 16.5. The molecule has 4 heterocycles. The van der Waals surface area contributed by atoms with Gasteiger partial charge in [-0.3, -0.25) is 9.88 Å². The summed E-state index contributed by atoms with van der Waals surface area (Å²) in [4.78, 5) is 6.91. The quantitative estimate of drug-likeness (QED) is 0.718. The SMILES string of the molecule is COc1ccc2nccc([C@H](O)[C@H]3C[C@@H]4CCN3C[C@@H]4/C=C\I)c2c1. The van der Waals surface area contributed by atoms with Crippen LogP contribution >= 0.6 is 22.6 Å². The van der Waals surface area contributed by atoms with Crippen molar-refractivity contribution in [2.24, 2.45) is 11.8 Å². The van der Waals surface area contributed by atoms with Crippen molar-refractivity contribution >= 4 is 33.5 Å². The Morgan fingerprint density at radius 3 is 3.00 bits per heavy atom. The summed E-state index contributed by atoms with van der Waals surface area (Å²) >= 11 is 2.31. The van der Waals surface area contributed by atoms with Crippen molar-refractivity contribution in [3.8, 4) is 5.75 Å². The van der Waals surface area contributed by atoms with Crippen LogP contribution in [0.1, 0.15) is 24.5 Å². The highest BCUT2D eigenvalue weighted by Crippen LogP contribution is 2.42. The molecule has 0 aliphatic carbocycles. The number of methoxy groups -OCH3 is 1. The molecule has 0 spiro atoms. The smallest absolute Gasteiger partial charge is 0.119 e. The van der Waals surface area contributed by atoms with Crippen LogP contribution in [0.5, 0.6) is 5.75 Å². The molecule has 0 radical (unpaired) electrons. The first-order valence-corrected chi connectivity index (χ1v) is 10.1. The fourth-order valence-corrected chi connectivity index (χ4v) is 5.02. The zero-order chi connectivity index (χ0) is 17.4. The summed E-state index contributed by atoms with van der Waals surface area (Å²) in [5.41, 5.74) is 1.86. The van der Waals surface area contributed by atoms with Gasteiger partial charge in [-0.05, 0) is 65.1 Å². The van der Waals surface area contributed by atoms with E-state index in [-0.39, 0.29) is 6.04 Å². The number of aliphatic hydroxyl groups is 1. The van der Waals surface area contributed by atoms with Crippen LogP contribution in [-0.4, -0.2) is 41.2 Å². The first-order valence-electron chi connectivity index (χ1n) is 8.83. The number of aliphatic hydroxyl groups excluding tert-OH is 1. The Labute approximate surface area is 162 Å². The highest BCUT2D eigenvalue weighted by Gasteiger charge is 2.42. The average Bonchev–Trinajstić information content (AvgIpc) is 2.67. The molecule has 5 atom stereocenters. The van der Waals surface area contributed by atoms with Crippen LogP contribution in [0.25, 0.3) is 10.9 Å². The van der Waals surface area contributed by atoms with Crippen LogP contribution in [-0.2, 0) is 0 Å². The van der Waals surface area contributed by atoms with E-state index in [2.05, 4.69) is 42.6 Å². The highest BCUT2D eigenvalue weighted by atomic mass is 127. The van der Waals surface area contributed by atoms with Gasteiger partial charge in [-0.15, -0.1) is 0 Å². The molecule has 0 saturated carbocycles. The topological polar surface area (TPSA) is 45.6 Å². The van der Waals surface area contributed by atoms with Gasteiger partial charge in [0.25, 0.3) is 0 Å². The summed E-state index contributed by atoms with van der Waals surface area (Å²) in [5, 5.41) is 12.2. The number of piperidine rings is 3. The summed E-state index contributed by atoms with van der Waals surface area (Å²) in [6.45, 7) is 2.14. The van der Waals surface area contributed by atoms with Crippen molar-refractivity contribution in [1.29, 1.82) is 0 Å². The first-order chi connectivity index (χ1) is 12.2. The Kier molecular flexibility index (Phi) is 4.97. The number of hydrogen-bond donors (Lipinski definition) is 1. The number of halogens is 1. The van der Waals surface area contributed by atoms with Crippen LogP contribution in [0.2, 0.25) is 0 Å². The Morgan fingerprint density at radius 1 is 1.40 bits per heavy atom. The Balaban J connectivity index is 1.66. The lowest BCUT2D eigenvalue weighted by molar-refractivity contribution is -0.0445. The molecule has 5 heteroatoms. The van der Waals surface area contributed by atoms with Gasteiger partial charge in [0.2, 0.25) is 0 Å². The molecule has 3 fully saturated rings. The predicted molar refractivity (Wildman–Crippen MR) is 108 cm³/mol. The van der Waals surface area contributed by atoms with Gasteiger partial charge in [0.1, 0.15) is 5.75 Å². The van der Waals surface area contributed by atoms with Gasteiger partial charge < -0.3 is 9.84 Å². The molecule has 1 aromatic carbocycles. The maximum atomic E-state index is 11.2. The molecule has 5 rings (SSSR count). The van der Waals surface area contributed by atoms with Crippen molar-refractivity contribution in [2.45, 2.75) is 25.0 Å². The largest absolute Gasteiger partial charge is 0.497 e. The zero-order valence-electron chi connectivity index (χ0n) is 14.3. The third kappa shape index (κ3) is 3.17. The van der Waals surface area contributed by atoms with Crippen molar-refractivity contribution in [3.05, 3.63) is 46.2 Å². The van der Waals surface area contributed by atoms with E-state index < -0.39 is 6.10 Å². The standard InChI is InChI=1S/C20H23IN2O2/c1-25-15-2-3-18-17(11-15)16(5-8-22-18)20(24)19-10-13-6-9-23(19)12-14(13)4-7-21/h2-5,7-8,11,13-14,19-20,24H,6,9-10,12H2,1H3/b7-4-/t13-,14-,19+,20-/m0/s1. The summed E-state index contributed by atoms with van der Waals surface area (Å²) in [7, 11) is 1.67. The molecule has 1 aromatic heterocycles. The Morgan fingerprint density at radius 2 is 2.28 bits per heavy atom. The maximum Gasteiger partial charge on any atom is 0.119 e. The normalized spacial score (nSPS) is 30.0. The minimum absolute atomic E-state index is 0.189. The predicted octanol–water partition coefficient (Wildman–Crippen LogP) is 3.94. The third-order valence-corrected chi connectivity index (χ3v) is 6.25. The molecule has 1 N–H and O–H groups in total. The Bertz CT molecular complexity index is 794. The molecule has 3 aliphatic rings. The number of ether oxygens (including phenoxy) is 1. The molecule has 3 aliphatic heterocycles. The summed E-state index contributed by atoms with van der Waals surface area (Å²) in [6, 6.07) is 8.00. The van der Waals surface area contributed by atoms with Gasteiger partial charge >= 0.3 is 0 Å². The fourth-order valence-electron chi connectivity index (χ4n) is 4.49. The van der Waals surface area contributed by atoms with E-state index in [1.807, 2.05) is 24.3 Å². The molecule has 25 heavy (non-hydrogen) atoms. The highest BCUT2D eigenvalue weighted by molar-refractivity contribution is 14.1. The fraction of sp³-hybridized carbons (Fsp3) is 0.450. The lowest BCUT2D eigenvalue weighted by Crippen LogP contribution is -2.54. The number of benzene rings is 1. The van der Waals surface area contributed by atoms with E-state index in [4.69, 9.17) is 4.74 Å². The van der Waals surface area contributed by atoms with Gasteiger partial charge in [0.15, 0.2) is 0 Å². The van der Waals surface area contributed by atoms with Gasteiger partial charge in [-0.2, -0.15) is 0 Å². The molecule has 4 nitrogen and oxygen atoms in total. The molecule has 0 amide bonds. The van der Waals surface area contributed by atoms with Crippen molar-refractivity contribution < 1.29 is 9.84 Å². The second kappa shape index (κ2) is 7.21. The van der Waals surface area contributed by atoms with E-state index >= 15 is 0 Å². The number of aromatic nitrogens is 1. The summed E-state index contributed by atoms with van der Waals surface area (Å²) in [5.74, 6) is 2.10. The van der Waals surface area contributed by atoms with Crippen molar-refractivity contribution in [2.75, 3.05) is 20.2 Å². The average molecular weight is 450 g/mol. The summed E-state index contributed by atoms with van der Waals surface area (Å²) < 4.78 is 7.50. The molecule has 2 aromatic rings. The lowest BCUT2D eigenvalue weighted by atomic mass is 9.73. The number of fused-ring (bicyclic) bond motifs is 4. The molecular weight excluding hydrogens is 427 g/mol.